The summed E-state index contributed by atoms with van der Waals surface area (Å²) in [5, 5.41) is 10.5. The molecule has 1 heterocycles. The van der Waals surface area contributed by atoms with Gasteiger partial charge in [-0.15, -0.1) is 0 Å². The zero-order chi connectivity index (χ0) is 12.3. The molecule has 3 heteroatoms. The molecule has 92 valence electrons. The number of benzene rings is 1. The van der Waals surface area contributed by atoms with E-state index in [0.717, 1.165) is 37.8 Å². The number of hydrogen-bond acceptors (Lipinski definition) is 3. The van der Waals surface area contributed by atoms with Crippen molar-refractivity contribution in [2.75, 3.05) is 20.1 Å². The normalized spacial score (nSPS) is 20.1. The molecule has 17 heavy (non-hydrogen) atoms. The Morgan fingerprint density at radius 2 is 2.00 bits per heavy atom. The monoisotopic (exact) mass is 233 g/mol. The van der Waals surface area contributed by atoms with Crippen molar-refractivity contribution in [3.8, 4) is 0 Å². The van der Waals surface area contributed by atoms with Gasteiger partial charge in [0.2, 0.25) is 0 Å². The van der Waals surface area contributed by atoms with Crippen LogP contribution in [0, 0.1) is 0 Å². The van der Waals surface area contributed by atoms with E-state index in [2.05, 4.69) is 11.9 Å². The smallest absolute Gasteiger partial charge is 0.150 e. The molecule has 1 aromatic rings. The minimum atomic E-state index is -0.647. The fourth-order valence-corrected chi connectivity index (χ4v) is 2.38. The summed E-state index contributed by atoms with van der Waals surface area (Å²) in [4.78, 5) is 13.2. The summed E-state index contributed by atoms with van der Waals surface area (Å²) in [6, 6.07) is 7.51. The van der Waals surface area contributed by atoms with E-state index >= 15 is 0 Å². The second kappa shape index (κ2) is 4.98. The second-order valence-electron chi connectivity index (χ2n) is 5.02. The van der Waals surface area contributed by atoms with E-state index in [-0.39, 0.29) is 0 Å². The summed E-state index contributed by atoms with van der Waals surface area (Å²) >= 11 is 0. The Morgan fingerprint density at radius 3 is 2.65 bits per heavy atom. The molecule has 1 aliphatic rings. The lowest BCUT2D eigenvalue weighted by Gasteiger charge is -2.36. The zero-order valence-electron chi connectivity index (χ0n) is 10.2. The van der Waals surface area contributed by atoms with Gasteiger partial charge in [0.15, 0.2) is 0 Å². The van der Waals surface area contributed by atoms with Gasteiger partial charge in [0.25, 0.3) is 0 Å². The van der Waals surface area contributed by atoms with Crippen LogP contribution in [0.3, 0.4) is 0 Å². The first-order valence-electron chi connectivity index (χ1n) is 6.07. The maximum Gasteiger partial charge on any atom is 0.150 e. The van der Waals surface area contributed by atoms with Crippen LogP contribution in [0.25, 0.3) is 0 Å². The van der Waals surface area contributed by atoms with Crippen LogP contribution >= 0.6 is 0 Å². The third-order valence-corrected chi connectivity index (χ3v) is 3.62. The highest BCUT2D eigenvalue weighted by Gasteiger charge is 2.31. The van der Waals surface area contributed by atoms with Crippen molar-refractivity contribution in [3.63, 3.8) is 0 Å². The number of carbonyl (C=O) groups is 1. The number of nitrogens with zero attached hydrogens (tertiary/aromatic N) is 1. The van der Waals surface area contributed by atoms with E-state index in [9.17, 15) is 9.90 Å². The van der Waals surface area contributed by atoms with Crippen molar-refractivity contribution < 1.29 is 9.90 Å². The fourth-order valence-electron chi connectivity index (χ4n) is 2.38. The van der Waals surface area contributed by atoms with Crippen molar-refractivity contribution in [2.45, 2.75) is 24.9 Å². The molecule has 0 atom stereocenters. The third-order valence-electron chi connectivity index (χ3n) is 3.62. The summed E-state index contributed by atoms with van der Waals surface area (Å²) in [6.07, 6.45) is 3.00. The van der Waals surface area contributed by atoms with Gasteiger partial charge in [-0.2, -0.15) is 0 Å². The average Bonchev–Trinajstić information content (AvgIpc) is 2.34. The number of aldehydes is 1. The Labute approximate surface area is 102 Å². The van der Waals surface area contributed by atoms with E-state index in [4.69, 9.17) is 0 Å². The molecule has 0 saturated carbocycles. The summed E-state index contributed by atoms with van der Waals surface area (Å²) in [7, 11) is 2.07. The maximum atomic E-state index is 10.9. The summed E-state index contributed by atoms with van der Waals surface area (Å²) < 4.78 is 0. The van der Waals surface area contributed by atoms with Gasteiger partial charge < -0.3 is 10.0 Å². The summed E-state index contributed by atoms with van der Waals surface area (Å²) in [5.41, 5.74) is 1.00. The van der Waals surface area contributed by atoms with Crippen molar-refractivity contribution in [2.24, 2.45) is 0 Å². The molecule has 0 spiro atoms. The standard InChI is InChI=1S/C14H19NO2/c1-15-8-6-14(17,7-9-15)10-12-4-2-3-5-13(12)11-16/h2-5,11,17H,6-10H2,1H3. The molecule has 1 aliphatic heterocycles. The molecule has 1 N–H and O–H groups in total. The Balaban J connectivity index is 2.12. The van der Waals surface area contributed by atoms with Gasteiger partial charge in [-0.3, -0.25) is 4.79 Å². The van der Waals surface area contributed by atoms with Crippen molar-refractivity contribution >= 4 is 6.29 Å². The number of carbonyl (C=O) groups excluding carboxylic acids is 1. The van der Waals surface area contributed by atoms with Gasteiger partial charge in [0, 0.05) is 25.1 Å². The molecule has 1 aromatic carbocycles. The molecule has 0 bridgehead atoms. The van der Waals surface area contributed by atoms with Gasteiger partial charge >= 0.3 is 0 Å². The Kier molecular flexibility index (Phi) is 3.60. The molecule has 0 aliphatic carbocycles. The van der Waals surface area contributed by atoms with Gasteiger partial charge in [-0.1, -0.05) is 24.3 Å². The van der Waals surface area contributed by atoms with Crippen molar-refractivity contribution in [1.29, 1.82) is 0 Å². The molecule has 0 aromatic heterocycles. The Hall–Kier alpha value is -1.19. The summed E-state index contributed by atoms with van der Waals surface area (Å²) in [6.45, 7) is 1.83. The minimum Gasteiger partial charge on any atom is -0.389 e. The quantitative estimate of drug-likeness (QED) is 0.804. The van der Waals surface area contributed by atoms with Gasteiger partial charge in [-0.25, -0.2) is 0 Å². The SMILES string of the molecule is CN1CCC(O)(Cc2ccccc2C=O)CC1. The topological polar surface area (TPSA) is 40.5 Å². The highest BCUT2D eigenvalue weighted by atomic mass is 16.3. The van der Waals surface area contributed by atoms with E-state index in [0.29, 0.717) is 12.0 Å². The van der Waals surface area contributed by atoms with Crippen LogP contribution < -0.4 is 0 Å². The first-order chi connectivity index (χ1) is 8.13. The van der Waals surface area contributed by atoms with Crippen LogP contribution in [-0.2, 0) is 6.42 Å². The van der Waals surface area contributed by atoms with Crippen LogP contribution in [-0.4, -0.2) is 42.0 Å². The number of hydrogen-bond donors (Lipinski definition) is 1. The maximum absolute atomic E-state index is 10.9. The molecule has 3 nitrogen and oxygen atoms in total. The lowest BCUT2D eigenvalue weighted by atomic mass is 9.84. The van der Waals surface area contributed by atoms with E-state index < -0.39 is 5.60 Å². The molecule has 0 amide bonds. The van der Waals surface area contributed by atoms with Crippen molar-refractivity contribution in [1.82, 2.24) is 4.90 Å². The molecule has 0 radical (unpaired) electrons. The number of aliphatic hydroxyl groups is 1. The molecular weight excluding hydrogens is 214 g/mol. The van der Waals surface area contributed by atoms with Crippen LogP contribution in [0.5, 0.6) is 0 Å². The fraction of sp³-hybridized carbons (Fsp3) is 0.500. The first kappa shape index (κ1) is 12.3. The number of piperidine rings is 1. The first-order valence-corrected chi connectivity index (χ1v) is 6.07. The molecule has 1 fully saturated rings. The Bertz CT molecular complexity index is 395. The number of rotatable bonds is 3. The van der Waals surface area contributed by atoms with Gasteiger partial charge in [0.1, 0.15) is 6.29 Å². The van der Waals surface area contributed by atoms with Gasteiger partial charge in [0.05, 0.1) is 5.60 Å². The van der Waals surface area contributed by atoms with Crippen molar-refractivity contribution in [3.05, 3.63) is 35.4 Å². The summed E-state index contributed by atoms with van der Waals surface area (Å²) in [5.74, 6) is 0. The Morgan fingerprint density at radius 1 is 1.35 bits per heavy atom. The van der Waals surface area contributed by atoms with Crippen LogP contribution in [0.15, 0.2) is 24.3 Å². The highest BCUT2D eigenvalue weighted by molar-refractivity contribution is 5.77. The second-order valence-corrected chi connectivity index (χ2v) is 5.02. The van der Waals surface area contributed by atoms with Crippen LogP contribution in [0.1, 0.15) is 28.8 Å². The van der Waals surface area contributed by atoms with Crippen LogP contribution in [0.2, 0.25) is 0 Å². The van der Waals surface area contributed by atoms with E-state index in [1.165, 1.54) is 0 Å². The minimum absolute atomic E-state index is 0.579. The molecule has 2 rings (SSSR count). The lowest BCUT2D eigenvalue weighted by molar-refractivity contribution is -0.0150. The lowest BCUT2D eigenvalue weighted by Crippen LogP contribution is -2.44. The molecule has 1 saturated heterocycles. The van der Waals surface area contributed by atoms with E-state index in [1.54, 1.807) is 6.07 Å². The average molecular weight is 233 g/mol. The van der Waals surface area contributed by atoms with Crippen LogP contribution in [0.4, 0.5) is 0 Å². The highest BCUT2D eigenvalue weighted by Crippen LogP contribution is 2.26. The predicted octanol–water partition coefficient (Wildman–Crippen LogP) is 1.50. The predicted molar refractivity (Wildman–Crippen MR) is 67.2 cm³/mol. The zero-order valence-corrected chi connectivity index (χ0v) is 10.2. The molecular formula is C14H19NO2. The van der Waals surface area contributed by atoms with Gasteiger partial charge in [-0.05, 0) is 25.5 Å². The largest absolute Gasteiger partial charge is 0.389 e. The third kappa shape index (κ3) is 2.93. The molecule has 0 unspecified atom stereocenters. The van der Waals surface area contributed by atoms with E-state index in [1.807, 2.05) is 18.2 Å². The number of likely N-dealkylation sites (tertiary alicyclic amines) is 1.